The molecule has 364 valence electrons. The summed E-state index contributed by atoms with van der Waals surface area (Å²) in [5, 5.41) is 6.84. The van der Waals surface area contributed by atoms with E-state index in [0.29, 0.717) is 50.2 Å². The van der Waals surface area contributed by atoms with Crippen molar-refractivity contribution in [3.8, 4) is 34.0 Å². The van der Waals surface area contributed by atoms with Gasteiger partial charge in [-0.15, -0.1) is 0 Å². The molecule has 2 fully saturated rings. The van der Waals surface area contributed by atoms with E-state index in [4.69, 9.17) is 14.6 Å². The number of carbonyl (C=O) groups is 1. The number of sulfonamides is 2. The monoisotopic (exact) mass is 986 g/mol. The number of likely N-dealkylation sites (tertiary alicyclic amines) is 2. The number of fused-ring (bicyclic) bond motifs is 2. The van der Waals surface area contributed by atoms with E-state index in [1.165, 1.54) is 11.1 Å². The van der Waals surface area contributed by atoms with Crippen LogP contribution in [0.25, 0.3) is 22.3 Å². The maximum atomic E-state index is 12.9. The van der Waals surface area contributed by atoms with Crippen molar-refractivity contribution in [2.45, 2.75) is 62.1 Å². The Morgan fingerprint density at radius 2 is 1.24 bits per heavy atom. The zero-order valence-corrected chi connectivity index (χ0v) is 40.5. The molecule has 4 aliphatic rings. The van der Waals surface area contributed by atoms with Gasteiger partial charge in [-0.25, -0.2) is 46.3 Å². The minimum absolute atomic E-state index is 0.361. The highest BCUT2D eigenvalue weighted by Crippen LogP contribution is 2.40. The van der Waals surface area contributed by atoms with Crippen molar-refractivity contribution < 1.29 is 35.9 Å². The van der Waals surface area contributed by atoms with Crippen LogP contribution in [0.4, 0.5) is 16.2 Å². The number of methoxy groups -OCH3 is 2. The van der Waals surface area contributed by atoms with Gasteiger partial charge in [0.05, 0.1) is 25.6 Å². The van der Waals surface area contributed by atoms with Crippen molar-refractivity contribution in [3.05, 3.63) is 143 Å². The maximum Gasteiger partial charge on any atom is 0.332 e. The number of hydrogen-bond acceptors (Lipinski definition) is 15. The zero-order valence-electron chi connectivity index (χ0n) is 38.8. The second-order valence-corrected chi connectivity index (χ2v) is 21.2. The largest absolute Gasteiger partial charge is 0.481 e. The molecular weight excluding hydrogens is 933 g/mol. The Morgan fingerprint density at radius 3 is 1.77 bits per heavy atom. The first-order valence-corrected chi connectivity index (χ1v) is 25.9. The molecular formula is C50H54N10O8S2. The van der Waals surface area contributed by atoms with E-state index in [1.807, 2.05) is 64.4 Å². The molecule has 0 unspecified atom stereocenters. The Kier molecular flexibility index (Phi) is 15.7. The van der Waals surface area contributed by atoms with Crippen molar-refractivity contribution in [1.29, 1.82) is 0 Å². The standard InChI is InChI=1S/C25H27N5O4S.C16H14N2O2.C9H13N3O2S/c1-34-23-12-19(9-11-27-23)22-8-7-18-5-2-6-21(18)24(22)28-25(31)29-35(32,33)20-15-30(16-20)14-17-4-3-10-26-13-17;1-20-15-9-12(7-8-17-15)14-6-5-11-3-2-4-13(11)16(14)18-10-19;10-15(13,14)9-6-12(7-9)5-8-2-1-3-11-4-8/h3-4,7-13,20H,2,5-6,14-16H2,1H3,(H2,28,29,31);5-9H,2-4H2,1H3;1-4,9H,5-7H2,(H2,10,13,14). The number of aryl methyl sites for hydroxylation is 2. The first kappa shape index (κ1) is 49.5. The molecule has 10 rings (SSSR count). The normalized spacial score (nSPS) is 15.5. The molecule has 4 aromatic heterocycles. The molecule has 2 saturated heterocycles. The number of rotatable bonds is 13. The second-order valence-electron chi connectivity index (χ2n) is 17.4. The van der Waals surface area contributed by atoms with Gasteiger partial charge >= 0.3 is 6.03 Å². The Morgan fingerprint density at radius 1 is 0.714 bits per heavy atom. The molecule has 2 aliphatic carbocycles. The Labute approximate surface area is 407 Å². The molecule has 0 bridgehead atoms. The number of ether oxygens (including phenoxy) is 2. The number of carbonyl (C=O) groups excluding carboxylic acids is 2. The summed E-state index contributed by atoms with van der Waals surface area (Å²) in [5.74, 6) is 1.01. The van der Waals surface area contributed by atoms with Crippen molar-refractivity contribution in [2.75, 3.05) is 45.7 Å². The van der Waals surface area contributed by atoms with Crippen LogP contribution >= 0.6 is 0 Å². The number of nitrogens with zero attached hydrogens (tertiary/aromatic N) is 7. The molecule has 18 nitrogen and oxygen atoms in total. The molecule has 0 spiro atoms. The number of isocyanates is 1. The minimum atomic E-state index is -3.82. The van der Waals surface area contributed by atoms with Gasteiger partial charge in [0.25, 0.3) is 0 Å². The highest BCUT2D eigenvalue weighted by molar-refractivity contribution is 7.90. The number of nitrogens with one attached hydrogen (secondary N) is 2. The maximum absolute atomic E-state index is 12.9. The number of amides is 2. The molecule has 20 heteroatoms. The molecule has 2 aliphatic heterocycles. The number of aliphatic imine (C=N–C) groups is 1. The minimum Gasteiger partial charge on any atom is -0.481 e. The zero-order chi connectivity index (χ0) is 49.3. The van der Waals surface area contributed by atoms with Gasteiger partial charge in [-0.2, -0.15) is 4.99 Å². The highest BCUT2D eigenvalue weighted by atomic mass is 32.2. The molecule has 4 N–H and O–H groups in total. The lowest BCUT2D eigenvalue weighted by atomic mass is 9.98. The summed E-state index contributed by atoms with van der Waals surface area (Å²) in [6.45, 7) is 3.13. The van der Waals surface area contributed by atoms with Gasteiger partial charge < -0.3 is 14.8 Å². The summed E-state index contributed by atoms with van der Waals surface area (Å²) in [7, 11) is -4.04. The van der Waals surface area contributed by atoms with E-state index in [0.717, 1.165) is 95.3 Å². The Bertz CT molecular complexity index is 3090. The van der Waals surface area contributed by atoms with Gasteiger partial charge in [-0.3, -0.25) is 19.8 Å². The molecule has 2 aromatic carbocycles. The Hall–Kier alpha value is -6.93. The van der Waals surface area contributed by atoms with E-state index in [1.54, 1.807) is 63.5 Å². The molecule has 2 amide bonds. The van der Waals surface area contributed by atoms with Gasteiger partial charge in [-0.05, 0) is 107 Å². The number of primary sulfonamides is 1. The van der Waals surface area contributed by atoms with Crippen LogP contribution in [0.5, 0.6) is 11.8 Å². The number of nitrogens with two attached hydrogens (primary N) is 1. The summed E-state index contributed by atoms with van der Waals surface area (Å²) in [6.07, 6.45) is 17.8. The Balaban J connectivity index is 0.000000158. The summed E-state index contributed by atoms with van der Waals surface area (Å²) < 4.78 is 60.2. The van der Waals surface area contributed by atoms with Gasteiger partial charge in [0, 0.05) is 99.7 Å². The topological polar surface area (TPSA) is 241 Å². The fourth-order valence-corrected chi connectivity index (χ4v) is 11.2. The van der Waals surface area contributed by atoms with E-state index < -0.39 is 36.6 Å². The number of benzene rings is 2. The fraction of sp³-hybridized carbons (Fsp3) is 0.320. The van der Waals surface area contributed by atoms with Crippen LogP contribution in [0.15, 0.2) is 115 Å². The quantitative estimate of drug-likeness (QED) is 0.0924. The van der Waals surface area contributed by atoms with Crippen LogP contribution in [0.2, 0.25) is 0 Å². The molecule has 6 aromatic rings. The molecule has 6 heterocycles. The first-order chi connectivity index (χ1) is 33.8. The van der Waals surface area contributed by atoms with E-state index in [2.05, 4.69) is 47.1 Å². The lowest BCUT2D eigenvalue weighted by molar-refractivity contribution is 0.175. The predicted molar refractivity (Wildman–Crippen MR) is 265 cm³/mol. The van der Waals surface area contributed by atoms with Crippen molar-refractivity contribution >= 4 is 43.5 Å². The summed E-state index contributed by atoms with van der Waals surface area (Å²) in [4.78, 5) is 48.0. The van der Waals surface area contributed by atoms with Crippen LogP contribution in [-0.4, -0.2) is 110 Å². The van der Waals surface area contributed by atoms with Crippen LogP contribution < -0.4 is 24.7 Å². The second kappa shape index (κ2) is 22.2. The van der Waals surface area contributed by atoms with Crippen LogP contribution in [0, 0.1) is 0 Å². The lowest BCUT2D eigenvalue weighted by Gasteiger charge is -2.38. The van der Waals surface area contributed by atoms with E-state index in [9.17, 15) is 26.4 Å². The molecule has 0 radical (unpaired) electrons. The van der Waals surface area contributed by atoms with Crippen LogP contribution in [0.3, 0.4) is 0 Å². The SMILES string of the molecule is COc1cc(-c2ccc3c(c2N=C=O)CCC3)ccn1.COc1cc(-c2ccc3c(c2NC(=O)NS(=O)(=O)C2CN(Cc4cccnc4)C2)CCC3)ccn1.NS(=O)(=O)C1CN(Cc2cccnc2)C1. The molecule has 0 saturated carbocycles. The van der Waals surface area contributed by atoms with Crippen molar-refractivity contribution in [3.63, 3.8) is 0 Å². The van der Waals surface area contributed by atoms with E-state index in [-0.39, 0.29) is 0 Å². The lowest BCUT2D eigenvalue weighted by Crippen LogP contribution is -2.58. The number of anilines is 1. The average molecular weight is 987 g/mol. The highest BCUT2D eigenvalue weighted by Gasteiger charge is 2.38. The summed E-state index contributed by atoms with van der Waals surface area (Å²) in [6, 6.07) is 22.4. The van der Waals surface area contributed by atoms with Crippen LogP contribution in [0.1, 0.15) is 46.2 Å². The number of pyridine rings is 4. The summed E-state index contributed by atoms with van der Waals surface area (Å²) >= 11 is 0. The molecule has 70 heavy (non-hydrogen) atoms. The third kappa shape index (κ3) is 12.1. The van der Waals surface area contributed by atoms with Gasteiger partial charge in [-0.1, -0.05) is 36.4 Å². The smallest absolute Gasteiger partial charge is 0.332 e. The third-order valence-corrected chi connectivity index (χ3v) is 15.6. The fourth-order valence-electron chi connectivity index (χ4n) is 9.04. The van der Waals surface area contributed by atoms with Crippen molar-refractivity contribution in [2.24, 2.45) is 10.1 Å². The van der Waals surface area contributed by atoms with Gasteiger partial charge in [0.15, 0.2) is 0 Å². The number of aromatic nitrogens is 4. The van der Waals surface area contributed by atoms with Gasteiger partial charge in [0.1, 0.15) is 10.5 Å². The van der Waals surface area contributed by atoms with Crippen LogP contribution in [-0.2, 0) is 63.6 Å². The number of urea groups is 1. The molecule has 0 atom stereocenters. The predicted octanol–water partition coefficient (Wildman–Crippen LogP) is 5.74. The first-order valence-electron chi connectivity index (χ1n) is 22.8. The average Bonchev–Trinajstić information content (AvgIpc) is 4.03. The summed E-state index contributed by atoms with van der Waals surface area (Å²) in [5.41, 5.74) is 11.6. The third-order valence-electron chi connectivity index (χ3n) is 12.7. The number of hydrogen-bond donors (Lipinski definition) is 3. The van der Waals surface area contributed by atoms with Gasteiger partial charge in [0.2, 0.25) is 37.9 Å². The van der Waals surface area contributed by atoms with E-state index >= 15 is 0 Å². The van der Waals surface area contributed by atoms with Crippen molar-refractivity contribution in [1.82, 2.24) is 34.5 Å².